The molecule has 1 aromatic rings. The van der Waals surface area contributed by atoms with Crippen LogP contribution in [0.3, 0.4) is 0 Å². The Hall–Kier alpha value is -1.06. The highest BCUT2D eigenvalue weighted by molar-refractivity contribution is 14.0. The number of rotatable bonds is 8. The largest absolute Gasteiger partial charge is 0.491 e. The van der Waals surface area contributed by atoms with Crippen LogP contribution in [0.4, 0.5) is 0 Å². The van der Waals surface area contributed by atoms with Gasteiger partial charge in [0, 0.05) is 32.8 Å². The van der Waals surface area contributed by atoms with Crippen molar-refractivity contribution in [2.45, 2.75) is 26.3 Å². The van der Waals surface area contributed by atoms with E-state index in [4.69, 9.17) is 9.47 Å². The Labute approximate surface area is 181 Å². The fraction of sp³-hybridized carbons (Fsp3) is 0.650. The maximum atomic E-state index is 5.86. The summed E-state index contributed by atoms with van der Waals surface area (Å²) in [5.41, 5.74) is 2.31. The summed E-state index contributed by atoms with van der Waals surface area (Å²) in [6, 6.07) is 6.28. The van der Waals surface area contributed by atoms with Crippen molar-refractivity contribution in [2.24, 2.45) is 10.9 Å². The number of hydrogen-bond acceptors (Lipinski definition) is 4. The molecule has 0 saturated carbocycles. The van der Waals surface area contributed by atoms with E-state index in [0.29, 0.717) is 19.8 Å². The lowest BCUT2D eigenvalue weighted by molar-refractivity contribution is 0.145. The summed E-state index contributed by atoms with van der Waals surface area (Å²) in [5, 5.41) is 6.87. The second-order valence-corrected chi connectivity index (χ2v) is 7.01. The molecule has 1 aromatic carbocycles. The highest BCUT2D eigenvalue weighted by Crippen LogP contribution is 2.20. The smallest absolute Gasteiger partial charge is 0.191 e. The molecule has 0 amide bonds. The molecule has 154 valence electrons. The SMILES string of the molecule is CN=C(NCc1ccc(C)cc1OCCOC)NCC1CCN(C)CC1.I. The minimum atomic E-state index is 0. The molecule has 1 aliphatic rings. The third-order valence-electron chi connectivity index (χ3n) is 4.83. The molecule has 0 aliphatic carbocycles. The summed E-state index contributed by atoms with van der Waals surface area (Å²) in [5.74, 6) is 2.46. The average Bonchev–Trinajstić information content (AvgIpc) is 2.65. The summed E-state index contributed by atoms with van der Waals surface area (Å²) in [7, 11) is 5.69. The van der Waals surface area contributed by atoms with Gasteiger partial charge in [-0.3, -0.25) is 4.99 Å². The maximum Gasteiger partial charge on any atom is 0.191 e. The van der Waals surface area contributed by atoms with E-state index >= 15 is 0 Å². The Balaban J connectivity index is 0.00000364. The monoisotopic (exact) mass is 490 g/mol. The summed E-state index contributed by atoms with van der Waals surface area (Å²) < 4.78 is 10.9. The van der Waals surface area contributed by atoms with E-state index in [1.54, 1.807) is 7.11 Å². The van der Waals surface area contributed by atoms with Crippen LogP contribution in [0.1, 0.15) is 24.0 Å². The standard InChI is InChI=1S/C20H34N4O2.HI/c1-16-5-6-18(19(13-16)26-12-11-25-4)15-23-20(21-2)22-14-17-7-9-24(3)10-8-17;/h5-6,13,17H,7-12,14-15H2,1-4H3,(H2,21,22,23);1H. The van der Waals surface area contributed by atoms with Gasteiger partial charge in [0.1, 0.15) is 12.4 Å². The number of aliphatic imine (C=N–C) groups is 1. The van der Waals surface area contributed by atoms with Crippen molar-refractivity contribution in [3.8, 4) is 5.75 Å². The Morgan fingerprint density at radius 1 is 1.22 bits per heavy atom. The van der Waals surface area contributed by atoms with E-state index in [-0.39, 0.29) is 24.0 Å². The number of nitrogens with one attached hydrogen (secondary N) is 2. The summed E-state index contributed by atoms with van der Waals surface area (Å²) in [4.78, 5) is 6.74. The molecular formula is C20H35IN4O2. The number of likely N-dealkylation sites (tertiary alicyclic amines) is 1. The van der Waals surface area contributed by atoms with E-state index in [2.05, 4.69) is 52.7 Å². The number of benzene rings is 1. The van der Waals surface area contributed by atoms with Crippen LogP contribution >= 0.6 is 24.0 Å². The molecule has 0 bridgehead atoms. The van der Waals surface area contributed by atoms with Crippen molar-refractivity contribution in [3.63, 3.8) is 0 Å². The number of methoxy groups -OCH3 is 1. The lowest BCUT2D eigenvalue weighted by Crippen LogP contribution is -2.42. The first kappa shape index (κ1) is 24.0. The minimum absolute atomic E-state index is 0. The van der Waals surface area contributed by atoms with E-state index < -0.39 is 0 Å². The van der Waals surface area contributed by atoms with E-state index in [0.717, 1.165) is 29.7 Å². The molecule has 0 spiro atoms. The number of piperidine rings is 1. The highest BCUT2D eigenvalue weighted by atomic mass is 127. The van der Waals surface area contributed by atoms with Crippen LogP contribution in [0.5, 0.6) is 5.75 Å². The molecule has 2 N–H and O–H groups in total. The van der Waals surface area contributed by atoms with Crippen LogP contribution in [0.15, 0.2) is 23.2 Å². The molecular weight excluding hydrogens is 455 g/mol. The predicted octanol–water partition coefficient (Wildman–Crippen LogP) is 2.65. The molecule has 1 fully saturated rings. The topological polar surface area (TPSA) is 58.1 Å². The van der Waals surface area contributed by atoms with Crippen LogP contribution in [0.25, 0.3) is 0 Å². The molecule has 7 heteroatoms. The van der Waals surface area contributed by atoms with Gasteiger partial charge in [-0.15, -0.1) is 24.0 Å². The summed E-state index contributed by atoms with van der Waals surface area (Å²) >= 11 is 0. The first-order valence-corrected chi connectivity index (χ1v) is 9.46. The van der Waals surface area contributed by atoms with Gasteiger partial charge in [-0.25, -0.2) is 0 Å². The Kier molecular flexibility index (Phi) is 11.7. The van der Waals surface area contributed by atoms with Crippen molar-refractivity contribution in [1.29, 1.82) is 0 Å². The van der Waals surface area contributed by atoms with Gasteiger partial charge in [-0.1, -0.05) is 12.1 Å². The van der Waals surface area contributed by atoms with Crippen LogP contribution < -0.4 is 15.4 Å². The normalized spacial score (nSPS) is 15.9. The fourth-order valence-electron chi connectivity index (χ4n) is 3.08. The second kappa shape index (κ2) is 13.2. The first-order chi connectivity index (χ1) is 12.6. The van der Waals surface area contributed by atoms with E-state index in [9.17, 15) is 0 Å². The highest BCUT2D eigenvalue weighted by Gasteiger charge is 2.16. The Bertz CT molecular complexity index is 575. The van der Waals surface area contributed by atoms with Crippen molar-refractivity contribution in [1.82, 2.24) is 15.5 Å². The van der Waals surface area contributed by atoms with Gasteiger partial charge < -0.3 is 25.0 Å². The predicted molar refractivity (Wildman–Crippen MR) is 122 cm³/mol. The second-order valence-electron chi connectivity index (χ2n) is 7.01. The average molecular weight is 490 g/mol. The zero-order valence-electron chi connectivity index (χ0n) is 17.1. The lowest BCUT2D eigenvalue weighted by Gasteiger charge is -2.29. The molecule has 2 rings (SSSR count). The molecule has 0 atom stereocenters. The van der Waals surface area contributed by atoms with Gasteiger partial charge in [-0.05, 0) is 57.5 Å². The van der Waals surface area contributed by atoms with Gasteiger partial charge in [0.2, 0.25) is 0 Å². The molecule has 1 saturated heterocycles. The summed E-state index contributed by atoms with van der Waals surface area (Å²) in [6.45, 7) is 7.22. The van der Waals surface area contributed by atoms with E-state index in [1.807, 2.05) is 7.05 Å². The number of halogens is 1. The van der Waals surface area contributed by atoms with Gasteiger partial charge in [0.25, 0.3) is 0 Å². The molecule has 0 unspecified atom stereocenters. The van der Waals surface area contributed by atoms with Crippen LogP contribution in [0, 0.1) is 12.8 Å². The van der Waals surface area contributed by atoms with Gasteiger partial charge in [0.05, 0.1) is 6.61 Å². The maximum absolute atomic E-state index is 5.86. The van der Waals surface area contributed by atoms with Crippen molar-refractivity contribution in [3.05, 3.63) is 29.3 Å². The molecule has 27 heavy (non-hydrogen) atoms. The molecule has 6 nitrogen and oxygen atoms in total. The Morgan fingerprint density at radius 2 is 1.96 bits per heavy atom. The van der Waals surface area contributed by atoms with Crippen LogP contribution in [0.2, 0.25) is 0 Å². The van der Waals surface area contributed by atoms with Crippen molar-refractivity contribution >= 4 is 29.9 Å². The molecule has 1 aliphatic heterocycles. The zero-order valence-corrected chi connectivity index (χ0v) is 19.4. The van der Waals surface area contributed by atoms with Gasteiger partial charge in [0.15, 0.2) is 5.96 Å². The number of guanidine groups is 1. The van der Waals surface area contributed by atoms with Crippen molar-refractivity contribution < 1.29 is 9.47 Å². The molecule has 0 aromatic heterocycles. The fourth-order valence-corrected chi connectivity index (χ4v) is 3.08. The number of nitrogens with zero attached hydrogens (tertiary/aromatic N) is 2. The van der Waals surface area contributed by atoms with Gasteiger partial charge in [-0.2, -0.15) is 0 Å². The van der Waals surface area contributed by atoms with Crippen LogP contribution in [-0.2, 0) is 11.3 Å². The molecule has 1 heterocycles. The first-order valence-electron chi connectivity index (χ1n) is 9.46. The number of aryl methyl sites for hydroxylation is 1. The van der Waals surface area contributed by atoms with Crippen molar-refractivity contribution in [2.75, 3.05) is 54.1 Å². The minimum Gasteiger partial charge on any atom is -0.491 e. The quantitative estimate of drug-likeness (QED) is 0.254. The van der Waals surface area contributed by atoms with Crippen LogP contribution in [-0.4, -0.2) is 64.9 Å². The molecule has 0 radical (unpaired) electrons. The number of ether oxygens (including phenoxy) is 2. The Morgan fingerprint density at radius 3 is 2.63 bits per heavy atom. The summed E-state index contributed by atoms with van der Waals surface area (Å²) in [6.07, 6.45) is 2.49. The van der Waals surface area contributed by atoms with E-state index in [1.165, 1.54) is 31.5 Å². The third-order valence-corrected chi connectivity index (χ3v) is 4.83. The number of hydrogen-bond donors (Lipinski definition) is 2. The third kappa shape index (κ3) is 8.66. The zero-order chi connectivity index (χ0) is 18.8. The lowest BCUT2D eigenvalue weighted by atomic mass is 9.97. The van der Waals surface area contributed by atoms with Gasteiger partial charge >= 0.3 is 0 Å².